The topological polar surface area (TPSA) is 115 Å². The van der Waals surface area contributed by atoms with Gasteiger partial charge < -0.3 is 10.1 Å². The molecule has 0 radical (unpaired) electrons. The number of nitrogens with one attached hydrogen (secondary N) is 2. The molecule has 0 spiro atoms. The molecule has 3 amide bonds. The minimum Gasteiger partial charge on any atom is -0.455 e. The van der Waals surface area contributed by atoms with Gasteiger partial charge in [0.15, 0.2) is 17.6 Å². The van der Waals surface area contributed by atoms with Gasteiger partial charge in [-0.3, -0.25) is 19.5 Å². The van der Waals surface area contributed by atoms with Crippen LogP contribution in [0.15, 0.2) is 65.8 Å². The van der Waals surface area contributed by atoms with E-state index in [4.69, 9.17) is 4.74 Å². The molecule has 1 aromatic heterocycles. The van der Waals surface area contributed by atoms with Crippen LogP contribution in [0.5, 0.6) is 0 Å². The van der Waals surface area contributed by atoms with Crippen LogP contribution in [0.25, 0.3) is 17.1 Å². The van der Waals surface area contributed by atoms with Crippen LogP contribution in [0.4, 0.5) is 4.79 Å². The number of ether oxygens (including phenoxy) is 1. The minimum atomic E-state index is -0.698. The summed E-state index contributed by atoms with van der Waals surface area (Å²) in [7, 11) is 0. The lowest BCUT2D eigenvalue weighted by Gasteiger charge is -2.10. The van der Waals surface area contributed by atoms with Crippen LogP contribution in [-0.2, 0) is 14.3 Å². The average molecular weight is 454 g/mol. The molecule has 1 heterocycles. The first-order chi connectivity index (χ1) is 15.6. The molecule has 9 nitrogen and oxygen atoms in total. The van der Waals surface area contributed by atoms with Crippen LogP contribution in [0.1, 0.15) is 13.3 Å². The quantitative estimate of drug-likeness (QED) is 0.378. The normalized spacial score (nSPS) is 10.4. The van der Waals surface area contributed by atoms with Crippen LogP contribution in [0, 0.1) is 0 Å². The molecule has 0 aliphatic heterocycles. The van der Waals surface area contributed by atoms with E-state index in [1.807, 2.05) is 72.2 Å². The maximum atomic E-state index is 12.1. The Bertz CT molecular complexity index is 1060. The molecule has 0 unspecified atom stereocenters. The van der Waals surface area contributed by atoms with Crippen molar-refractivity contribution in [3.8, 4) is 17.1 Å². The summed E-state index contributed by atoms with van der Waals surface area (Å²) in [6.07, 6.45) is 0.743. The van der Waals surface area contributed by atoms with Crippen LogP contribution >= 0.6 is 11.8 Å². The first kappa shape index (κ1) is 23.0. The van der Waals surface area contributed by atoms with E-state index >= 15 is 0 Å². The van der Waals surface area contributed by atoms with E-state index in [9.17, 15) is 14.4 Å². The molecule has 0 saturated heterocycles. The number of amides is 3. The lowest BCUT2D eigenvalue weighted by molar-refractivity contribution is -0.145. The molecule has 0 aliphatic carbocycles. The number of thioether (sulfide) groups is 1. The van der Waals surface area contributed by atoms with E-state index in [0.29, 0.717) is 17.5 Å². The second-order valence-electron chi connectivity index (χ2n) is 6.60. The molecule has 3 aromatic rings. The van der Waals surface area contributed by atoms with Gasteiger partial charge >= 0.3 is 12.0 Å². The van der Waals surface area contributed by atoms with Crippen molar-refractivity contribution in [2.24, 2.45) is 0 Å². The van der Waals surface area contributed by atoms with Gasteiger partial charge in [-0.05, 0) is 18.6 Å². The third-order valence-corrected chi connectivity index (χ3v) is 5.05. The lowest BCUT2D eigenvalue weighted by Crippen LogP contribution is -2.41. The van der Waals surface area contributed by atoms with Crippen LogP contribution in [-0.4, -0.2) is 51.6 Å². The Morgan fingerprint density at radius 3 is 2.38 bits per heavy atom. The van der Waals surface area contributed by atoms with Crippen molar-refractivity contribution in [1.82, 2.24) is 25.4 Å². The number of esters is 1. The van der Waals surface area contributed by atoms with Crippen LogP contribution in [0.2, 0.25) is 0 Å². The summed E-state index contributed by atoms with van der Waals surface area (Å²) >= 11 is 1.15. The highest BCUT2D eigenvalue weighted by atomic mass is 32.2. The van der Waals surface area contributed by atoms with Crippen LogP contribution in [0.3, 0.4) is 0 Å². The molecule has 0 aliphatic rings. The fraction of sp³-hybridized carbons (Fsp3) is 0.227. The fourth-order valence-electron chi connectivity index (χ4n) is 2.70. The number of aromatic nitrogens is 3. The molecule has 166 valence electrons. The van der Waals surface area contributed by atoms with Gasteiger partial charge in [-0.25, -0.2) is 4.79 Å². The second-order valence-corrected chi connectivity index (χ2v) is 7.54. The molecule has 10 heteroatoms. The molecule has 0 atom stereocenters. The monoisotopic (exact) mass is 453 g/mol. The summed E-state index contributed by atoms with van der Waals surface area (Å²) in [5.41, 5.74) is 1.74. The molecule has 0 fully saturated rings. The summed E-state index contributed by atoms with van der Waals surface area (Å²) in [5, 5.41) is 13.7. The Labute approximate surface area is 189 Å². The maximum Gasteiger partial charge on any atom is 0.321 e. The van der Waals surface area contributed by atoms with Gasteiger partial charge in [0, 0.05) is 17.8 Å². The highest BCUT2D eigenvalue weighted by molar-refractivity contribution is 7.99. The van der Waals surface area contributed by atoms with E-state index in [1.54, 1.807) is 0 Å². The van der Waals surface area contributed by atoms with Crippen molar-refractivity contribution < 1.29 is 19.1 Å². The fourth-order valence-corrected chi connectivity index (χ4v) is 3.45. The first-order valence-corrected chi connectivity index (χ1v) is 11.0. The number of nitrogens with zero attached hydrogens (tertiary/aromatic N) is 3. The van der Waals surface area contributed by atoms with Gasteiger partial charge in [0.1, 0.15) is 0 Å². The third-order valence-electron chi connectivity index (χ3n) is 4.15. The molecule has 2 aromatic carbocycles. The first-order valence-electron chi connectivity index (χ1n) is 10.0. The zero-order valence-electron chi connectivity index (χ0n) is 17.5. The summed E-state index contributed by atoms with van der Waals surface area (Å²) in [4.78, 5) is 35.3. The van der Waals surface area contributed by atoms with E-state index in [2.05, 4.69) is 20.8 Å². The Balaban J connectivity index is 1.63. The number of benzene rings is 2. The Kier molecular flexibility index (Phi) is 8.38. The average Bonchev–Trinajstić information content (AvgIpc) is 3.25. The molecular weight excluding hydrogens is 430 g/mol. The van der Waals surface area contributed by atoms with Crippen molar-refractivity contribution in [3.05, 3.63) is 60.7 Å². The third kappa shape index (κ3) is 6.42. The number of imide groups is 1. The number of carbonyl (C=O) groups excluding carboxylic acids is 3. The molecule has 0 saturated carbocycles. The second kappa shape index (κ2) is 11.7. The minimum absolute atomic E-state index is 0.0743. The zero-order chi connectivity index (χ0) is 22.8. The van der Waals surface area contributed by atoms with Crippen molar-refractivity contribution in [1.29, 1.82) is 0 Å². The molecular formula is C22H23N5O4S. The van der Waals surface area contributed by atoms with Crippen molar-refractivity contribution >= 4 is 29.7 Å². The molecule has 3 rings (SSSR count). The van der Waals surface area contributed by atoms with Crippen LogP contribution < -0.4 is 10.6 Å². The number of urea groups is 1. The standard InChI is InChI=1S/C22H23N5O4S/c1-2-13-23-21(30)24-18(28)14-31-19(29)15-32-22-26-25-20(16-9-5-3-6-10-16)27(22)17-11-7-4-8-12-17/h3-12H,2,13-15H2,1H3,(H2,23,24,28,30). The van der Waals surface area contributed by atoms with Gasteiger partial charge in [0.25, 0.3) is 5.91 Å². The van der Waals surface area contributed by atoms with E-state index in [1.165, 1.54) is 0 Å². The number of hydrogen-bond acceptors (Lipinski definition) is 7. The zero-order valence-corrected chi connectivity index (χ0v) is 18.3. The Hall–Kier alpha value is -3.66. The summed E-state index contributed by atoms with van der Waals surface area (Å²) in [6.45, 7) is 1.80. The lowest BCUT2D eigenvalue weighted by atomic mass is 10.2. The Morgan fingerprint density at radius 1 is 1.00 bits per heavy atom. The summed E-state index contributed by atoms with van der Waals surface area (Å²) < 4.78 is 6.82. The highest BCUT2D eigenvalue weighted by Gasteiger charge is 2.18. The van der Waals surface area contributed by atoms with Gasteiger partial charge in [0.2, 0.25) is 0 Å². The highest BCUT2D eigenvalue weighted by Crippen LogP contribution is 2.27. The molecule has 32 heavy (non-hydrogen) atoms. The number of carbonyl (C=O) groups is 3. The van der Waals surface area contributed by atoms with Gasteiger partial charge in [-0.1, -0.05) is 67.2 Å². The predicted octanol–water partition coefficient (Wildman–Crippen LogP) is 2.81. The van der Waals surface area contributed by atoms with Crippen molar-refractivity contribution in [3.63, 3.8) is 0 Å². The number of rotatable bonds is 9. The molecule has 2 N–H and O–H groups in total. The smallest absolute Gasteiger partial charge is 0.321 e. The van der Waals surface area contributed by atoms with Gasteiger partial charge in [-0.15, -0.1) is 10.2 Å². The van der Waals surface area contributed by atoms with E-state index in [0.717, 1.165) is 29.4 Å². The maximum absolute atomic E-state index is 12.1. The van der Waals surface area contributed by atoms with E-state index < -0.39 is 24.5 Å². The van der Waals surface area contributed by atoms with Gasteiger partial charge in [0.05, 0.1) is 5.75 Å². The van der Waals surface area contributed by atoms with E-state index in [-0.39, 0.29) is 5.75 Å². The predicted molar refractivity (Wildman–Crippen MR) is 120 cm³/mol. The number of para-hydroxylation sites is 1. The molecule has 0 bridgehead atoms. The van der Waals surface area contributed by atoms with Crippen molar-refractivity contribution in [2.45, 2.75) is 18.5 Å². The van der Waals surface area contributed by atoms with Gasteiger partial charge in [-0.2, -0.15) is 0 Å². The summed E-state index contributed by atoms with van der Waals surface area (Å²) in [6, 6.07) is 18.6. The largest absolute Gasteiger partial charge is 0.455 e. The number of hydrogen-bond donors (Lipinski definition) is 2. The Morgan fingerprint density at radius 2 is 1.69 bits per heavy atom. The SMILES string of the molecule is CCCNC(=O)NC(=O)COC(=O)CSc1nnc(-c2ccccc2)n1-c1ccccc1. The van der Waals surface area contributed by atoms with Crippen molar-refractivity contribution in [2.75, 3.05) is 18.9 Å². The summed E-state index contributed by atoms with van der Waals surface area (Å²) in [5.74, 6) is -0.737.